The minimum Gasteiger partial charge on any atom is -0.496 e. The molecule has 17 heavy (non-hydrogen) atoms. The third-order valence-electron chi connectivity index (χ3n) is 2.76. The maximum atomic E-state index is 6.08. The van der Waals surface area contributed by atoms with Crippen LogP contribution in [0.5, 0.6) is 5.75 Å². The van der Waals surface area contributed by atoms with Gasteiger partial charge in [0.25, 0.3) is 0 Å². The quantitative estimate of drug-likeness (QED) is 0.852. The average molecular weight is 258 g/mol. The third kappa shape index (κ3) is 4.54. The minimum absolute atomic E-state index is 0.0392. The van der Waals surface area contributed by atoms with Crippen molar-refractivity contribution in [1.82, 2.24) is 0 Å². The number of rotatable bonds is 6. The van der Waals surface area contributed by atoms with Crippen molar-refractivity contribution >= 4 is 11.6 Å². The Labute approximate surface area is 108 Å². The van der Waals surface area contributed by atoms with Gasteiger partial charge in [0.2, 0.25) is 0 Å². The molecule has 1 aromatic rings. The first-order valence-electron chi connectivity index (χ1n) is 5.67. The fourth-order valence-corrected chi connectivity index (χ4v) is 1.99. The number of hydrogen-bond donors (Lipinski definition) is 1. The number of methoxy groups -OCH3 is 2. The molecule has 1 aromatic carbocycles. The van der Waals surface area contributed by atoms with Crippen LogP contribution >= 0.6 is 11.6 Å². The number of halogens is 1. The summed E-state index contributed by atoms with van der Waals surface area (Å²) < 4.78 is 10.5. The largest absolute Gasteiger partial charge is 0.496 e. The SMILES string of the molecule is COc1ccc(Cl)cc1CC(N)CC(C)OC. The Balaban J connectivity index is 2.69. The van der Waals surface area contributed by atoms with Crippen LogP contribution in [-0.4, -0.2) is 26.4 Å². The second kappa shape index (κ2) is 6.84. The highest BCUT2D eigenvalue weighted by molar-refractivity contribution is 6.30. The lowest BCUT2D eigenvalue weighted by atomic mass is 10.0. The van der Waals surface area contributed by atoms with Crippen molar-refractivity contribution in [1.29, 1.82) is 0 Å². The first kappa shape index (κ1) is 14.3. The lowest BCUT2D eigenvalue weighted by Crippen LogP contribution is -2.28. The molecule has 0 heterocycles. The number of benzene rings is 1. The molecule has 0 saturated carbocycles. The highest BCUT2D eigenvalue weighted by Gasteiger charge is 2.12. The molecule has 0 radical (unpaired) electrons. The van der Waals surface area contributed by atoms with Crippen LogP contribution in [0.15, 0.2) is 18.2 Å². The average Bonchev–Trinajstić information content (AvgIpc) is 2.29. The van der Waals surface area contributed by atoms with E-state index >= 15 is 0 Å². The highest BCUT2D eigenvalue weighted by Crippen LogP contribution is 2.24. The molecular weight excluding hydrogens is 238 g/mol. The minimum atomic E-state index is 0.0392. The first-order chi connectivity index (χ1) is 8.06. The van der Waals surface area contributed by atoms with E-state index in [1.807, 2.05) is 25.1 Å². The summed E-state index contributed by atoms with van der Waals surface area (Å²) in [5, 5.41) is 0.702. The molecule has 0 spiro atoms. The second-order valence-corrected chi connectivity index (χ2v) is 4.64. The standard InChI is InChI=1S/C13H20ClNO2/c1-9(16-2)6-12(15)8-10-7-11(14)4-5-13(10)17-3/h4-5,7,9,12H,6,8,15H2,1-3H3. The molecule has 96 valence electrons. The second-order valence-electron chi connectivity index (χ2n) is 4.20. The molecular formula is C13H20ClNO2. The van der Waals surface area contributed by atoms with Crippen molar-refractivity contribution in [2.75, 3.05) is 14.2 Å². The lowest BCUT2D eigenvalue weighted by molar-refractivity contribution is 0.104. The van der Waals surface area contributed by atoms with Gasteiger partial charge < -0.3 is 15.2 Å². The smallest absolute Gasteiger partial charge is 0.122 e. The van der Waals surface area contributed by atoms with Crippen LogP contribution < -0.4 is 10.5 Å². The molecule has 3 nitrogen and oxygen atoms in total. The zero-order valence-corrected chi connectivity index (χ0v) is 11.3. The summed E-state index contributed by atoms with van der Waals surface area (Å²) in [4.78, 5) is 0. The summed E-state index contributed by atoms with van der Waals surface area (Å²) in [6.45, 7) is 2.01. The summed E-state index contributed by atoms with van der Waals surface area (Å²) in [5.41, 5.74) is 7.12. The van der Waals surface area contributed by atoms with Gasteiger partial charge in [0.15, 0.2) is 0 Å². The van der Waals surface area contributed by atoms with Gasteiger partial charge in [0.05, 0.1) is 13.2 Å². The molecule has 4 heteroatoms. The van der Waals surface area contributed by atoms with Gasteiger partial charge in [-0.2, -0.15) is 0 Å². The molecule has 1 rings (SSSR count). The van der Waals surface area contributed by atoms with Crippen LogP contribution in [0, 0.1) is 0 Å². The van der Waals surface area contributed by atoms with Gasteiger partial charge in [-0.05, 0) is 43.5 Å². The molecule has 2 unspecified atom stereocenters. The molecule has 0 fully saturated rings. The fourth-order valence-electron chi connectivity index (χ4n) is 1.80. The van der Waals surface area contributed by atoms with Gasteiger partial charge in [-0.1, -0.05) is 11.6 Å². The molecule has 0 aliphatic carbocycles. The Morgan fingerprint density at radius 2 is 2.06 bits per heavy atom. The Kier molecular flexibility index (Phi) is 5.75. The van der Waals surface area contributed by atoms with Gasteiger partial charge in [0, 0.05) is 18.2 Å². The number of nitrogens with two attached hydrogens (primary N) is 1. The zero-order chi connectivity index (χ0) is 12.8. The summed E-state index contributed by atoms with van der Waals surface area (Å²) in [6.07, 6.45) is 1.71. The normalized spacial score (nSPS) is 14.4. The van der Waals surface area contributed by atoms with Gasteiger partial charge in [0.1, 0.15) is 5.75 Å². The van der Waals surface area contributed by atoms with E-state index in [0.29, 0.717) is 5.02 Å². The predicted octanol–water partition coefficient (Wildman–Crippen LogP) is 2.64. The van der Waals surface area contributed by atoms with E-state index in [1.54, 1.807) is 14.2 Å². The summed E-state index contributed by atoms with van der Waals surface area (Å²) in [7, 11) is 3.34. The van der Waals surface area contributed by atoms with Crippen molar-refractivity contribution in [3.8, 4) is 5.75 Å². The summed E-state index contributed by atoms with van der Waals surface area (Å²) in [5.74, 6) is 0.829. The Morgan fingerprint density at radius 3 is 2.65 bits per heavy atom. The first-order valence-corrected chi connectivity index (χ1v) is 6.05. The maximum absolute atomic E-state index is 6.08. The van der Waals surface area contributed by atoms with Crippen molar-refractivity contribution in [3.63, 3.8) is 0 Å². The molecule has 0 aromatic heterocycles. The Bertz CT molecular complexity index is 357. The van der Waals surface area contributed by atoms with E-state index in [0.717, 1.165) is 24.2 Å². The van der Waals surface area contributed by atoms with Gasteiger partial charge in [-0.15, -0.1) is 0 Å². The zero-order valence-electron chi connectivity index (χ0n) is 10.6. The monoisotopic (exact) mass is 257 g/mol. The van der Waals surface area contributed by atoms with Crippen molar-refractivity contribution in [2.45, 2.75) is 31.9 Å². The van der Waals surface area contributed by atoms with Crippen molar-refractivity contribution in [3.05, 3.63) is 28.8 Å². The van der Waals surface area contributed by atoms with E-state index < -0.39 is 0 Å². The number of ether oxygens (including phenoxy) is 2. The molecule has 0 aliphatic rings. The van der Waals surface area contributed by atoms with E-state index in [2.05, 4.69) is 0 Å². The van der Waals surface area contributed by atoms with Crippen molar-refractivity contribution < 1.29 is 9.47 Å². The van der Waals surface area contributed by atoms with Gasteiger partial charge in [-0.3, -0.25) is 0 Å². The molecule has 2 atom stereocenters. The highest BCUT2D eigenvalue weighted by atomic mass is 35.5. The Morgan fingerprint density at radius 1 is 1.35 bits per heavy atom. The molecule has 2 N–H and O–H groups in total. The molecule has 0 bridgehead atoms. The van der Waals surface area contributed by atoms with Crippen LogP contribution in [0.3, 0.4) is 0 Å². The maximum Gasteiger partial charge on any atom is 0.122 e. The van der Waals surface area contributed by atoms with Crippen LogP contribution in [0.2, 0.25) is 5.02 Å². The topological polar surface area (TPSA) is 44.5 Å². The Hall–Kier alpha value is -0.770. The summed E-state index contributed by atoms with van der Waals surface area (Å²) in [6, 6.07) is 5.62. The lowest BCUT2D eigenvalue weighted by Gasteiger charge is -2.17. The van der Waals surface area contributed by atoms with Gasteiger partial charge >= 0.3 is 0 Å². The fraction of sp³-hybridized carbons (Fsp3) is 0.538. The third-order valence-corrected chi connectivity index (χ3v) is 3.00. The van der Waals surface area contributed by atoms with E-state index in [4.69, 9.17) is 26.8 Å². The van der Waals surface area contributed by atoms with Crippen molar-refractivity contribution in [2.24, 2.45) is 5.73 Å². The van der Waals surface area contributed by atoms with E-state index in [1.165, 1.54) is 0 Å². The van der Waals surface area contributed by atoms with E-state index in [-0.39, 0.29) is 12.1 Å². The predicted molar refractivity (Wildman–Crippen MR) is 70.8 cm³/mol. The molecule has 0 aliphatic heterocycles. The van der Waals surface area contributed by atoms with E-state index in [9.17, 15) is 0 Å². The molecule has 0 saturated heterocycles. The van der Waals surface area contributed by atoms with Crippen LogP contribution in [-0.2, 0) is 11.2 Å². The van der Waals surface area contributed by atoms with Crippen LogP contribution in [0.1, 0.15) is 18.9 Å². The number of hydrogen-bond acceptors (Lipinski definition) is 3. The van der Waals surface area contributed by atoms with Gasteiger partial charge in [-0.25, -0.2) is 0 Å². The molecule has 0 amide bonds. The summed E-state index contributed by atoms with van der Waals surface area (Å²) >= 11 is 5.97. The van der Waals surface area contributed by atoms with Crippen LogP contribution in [0.4, 0.5) is 0 Å². The van der Waals surface area contributed by atoms with Crippen LogP contribution in [0.25, 0.3) is 0 Å².